The topological polar surface area (TPSA) is 104 Å². The molecule has 4 aromatic rings. The average Bonchev–Trinajstić information content (AvgIpc) is 2.85. The Bertz CT molecular complexity index is 1360. The Hall–Kier alpha value is -3.85. The lowest BCUT2D eigenvalue weighted by molar-refractivity contribution is 0.0741. The van der Waals surface area contributed by atoms with Crippen molar-refractivity contribution >= 4 is 33.5 Å². The van der Waals surface area contributed by atoms with Crippen molar-refractivity contribution < 1.29 is 9.90 Å². The van der Waals surface area contributed by atoms with Crippen molar-refractivity contribution in [2.75, 3.05) is 37.7 Å². The highest BCUT2D eigenvalue weighted by Gasteiger charge is 2.24. The summed E-state index contributed by atoms with van der Waals surface area (Å²) in [5, 5.41) is 9.60. The van der Waals surface area contributed by atoms with E-state index in [4.69, 9.17) is 5.11 Å². The van der Waals surface area contributed by atoms with Gasteiger partial charge in [-0.05, 0) is 30.3 Å². The number of piperazine rings is 1. The van der Waals surface area contributed by atoms with Gasteiger partial charge in [-0.2, -0.15) is 0 Å². The number of carbonyl (C=O) groups is 1. The number of benzene rings is 2. The first-order valence-corrected chi connectivity index (χ1v) is 10.5. The number of nitrogens with zero attached hydrogens (tertiary/aromatic N) is 6. The molecular weight excluding hydrogens is 408 g/mol. The van der Waals surface area contributed by atoms with Gasteiger partial charge >= 0.3 is 0 Å². The molecule has 9 heteroatoms. The first-order chi connectivity index (χ1) is 15.6. The maximum atomic E-state index is 12.9. The molecule has 0 unspecified atom stereocenters. The smallest absolute Gasteiger partial charge is 0.274 e. The fourth-order valence-electron chi connectivity index (χ4n) is 4.00. The summed E-state index contributed by atoms with van der Waals surface area (Å²) >= 11 is 0. The summed E-state index contributed by atoms with van der Waals surface area (Å²) in [7, 11) is 0. The average molecular weight is 430 g/mol. The maximum absolute atomic E-state index is 12.9. The van der Waals surface area contributed by atoms with Crippen molar-refractivity contribution in [2.45, 2.75) is 6.54 Å². The summed E-state index contributed by atoms with van der Waals surface area (Å²) in [6.45, 7) is 2.58. The molecule has 9 nitrogen and oxygen atoms in total. The van der Waals surface area contributed by atoms with Crippen LogP contribution in [0.5, 0.6) is 0 Å². The van der Waals surface area contributed by atoms with Crippen LogP contribution >= 0.6 is 0 Å². The first kappa shape index (κ1) is 20.1. The Morgan fingerprint density at radius 3 is 2.53 bits per heavy atom. The van der Waals surface area contributed by atoms with Crippen molar-refractivity contribution in [3.8, 4) is 0 Å². The number of aliphatic hydroxyl groups is 1. The number of anilines is 1. The van der Waals surface area contributed by atoms with E-state index in [-0.39, 0.29) is 24.6 Å². The van der Waals surface area contributed by atoms with Crippen molar-refractivity contribution in [3.63, 3.8) is 0 Å². The summed E-state index contributed by atoms with van der Waals surface area (Å²) in [5.74, 6) is -0.118. The highest BCUT2D eigenvalue weighted by Crippen LogP contribution is 2.21. The van der Waals surface area contributed by atoms with Crippen LogP contribution < -0.4 is 10.5 Å². The summed E-state index contributed by atoms with van der Waals surface area (Å²) in [6, 6.07) is 13.1. The minimum Gasteiger partial charge on any atom is -0.395 e. The third-order valence-corrected chi connectivity index (χ3v) is 5.75. The highest BCUT2D eigenvalue weighted by atomic mass is 16.3. The summed E-state index contributed by atoms with van der Waals surface area (Å²) < 4.78 is 1.40. The van der Waals surface area contributed by atoms with Crippen LogP contribution in [0.2, 0.25) is 0 Å². The Morgan fingerprint density at radius 1 is 0.969 bits per heavy atom. The van der Waals surface area contributed by atoms with Crippen molar-refractivity contribution in [1.29, 1.82) is 0 Å². The quantitative estimate of drug-likeness (QED) is 0.520. The van der Waals surface area contributed by atoms with Gasteiger partial charge in [-0.1, -0.05) is 12.1 Å². The molecule has 162 valence electrons. The Balaban J connectivity index is 1.30. The fourth-order valence-corrected chi connectivity index (χ4v) is 4.00. The van der Waals surface area contributed by atoms with Crippen LogP contribution in [0, 0.1) is 0 Å². The maximum Gasteiger partial charge on any atom is 0.274 e. The number of aromatic nitrogens is 4. The van der Waals surface area contributed by atoms with E-state index < -0.39 is 0 Å². The molecule has 2 aromatic heterocycles. The number of aliphatic hydroxyl groups excluding tert-OH is 1. The molecule has 0 saturated carbocycles. The molecule has 0 bridgehead atoms. The van der Waals surface area contributed by atoms with Crippen molar-refractivity contribution in [2.24, 2.45) is 0 Å². The number of para-hydroxylation sites is 2. The van der Waals surface area contributed by atoms with Gasteiger partial charge < -0.3 is 14.9 Å². The lowest BCUT2D eigenvalue weighted by atomic mass is 10.2. The number of carbonyl (C=O) groups excluding carboxylic acids is 1. The van der Waals surface area contributed by atoms with Crippen LogP contribution in [0.15, 0.2) is 59.8 Å². The van der Waals surface area contributed by atoms with E-state index in [1.807, 2.05) is 36.4 Å². The molecule has 3 heterocycles. The van der Waals surface area contributed by atoms with Gasteiger partial charge in [0.1, 0.15) is 5.69 Å². The molecule has 1 amide bonds. The first-order valence-electron chi connectivity index (χ1n) is 10.5. The van der Waals surface area contributed by atoms with E-state index >= 15 is 0 Å². The second-order valence-corrected chi connectivity index (χ2v) is 7.69. The van der Waals surface area contributed by atoms with E-state index in [2.05, 4.69) is 19.9 Å². The molecule has 1 saturated heterocycles. The molecule has 0 spiro atoms. The molecule has 0 atom stereocenters. The molecule has 5 rings (SSSR count). The second-order valence-electron chi connectivity index (χ2n) is 7.69. The van der Waals surface area contributed by atoms with Crippen molar-refractivity contribution in [1.82, 2.24) is 24.4 Å². The largest absolute Gasteiger partial charge is 0.395 e. The van der Waals surface area contributed by atoms with Gasteiger partial charge in [-0.3, -0.25) is 19.1 Å². The van der Waals surface area contributed by atoms with E-state index in [0.29, 0.717) is 48.3 Å². The molecule has 0 aliphatic carbocycles. The van der Waals surface area contributed by atoms with Crippen LogP contribution in [0.25, 0.3) is 21.9 Å². The van der Waals surface area contributed by atoms with Gasteiger partial charge in [0.25, 0.3) is 11.5 Å². The zero-order valence-corrected chi connectivity index (χ0v) is 17.4. The molecule has 32 heavy (non-hydrogen) atoms. The van der Waals surface area contributed by atoms with Gasteiger partial charge in [-0.25, -0.2) is 9.97 Å². The fraction of sp³-hybridized carbons (Fsp3) is 0.261. The SMILES string of the molecule is O=C(c1cnc2ccccc2n1)N1CCN(c2ccc3c(=O)n(CCO)cnc3c2)CC1. The predicted octanol–water partition coefficient (Wildman–Crippen LogP) is 1.29. The number of fused-ring (bicyclic) bond motifs is 2. The molecule has 1 fully saturated rings. The van der Waals surface area contributed by atoms with Gasteiger partial charge in [0, 0.05) is 31.9 Å². The van der Waals surface area contributed by atoms with Gasteiger partial charge in [0.15, 0.2) is 0 Å². The number of amides is 1. The minimum absolute atomic E-state index is 0.112. The van der Waals surface area contributed by atoms with Crippen molar-refractivity contribution in [3.05, 3.63) is 71.0 Å². The lowest BCUT2D eigenvalue weighted by Gasteiger charge is -2.36. The normalized spacial score (nSPS) is 14.3. The molecular formula is C23H22N6O3. The monoisotopic (exact) mass is 430 g/mol. The molecule has 2 aromatic carbocycles. The number of rotatable bonds is 4. The lowest BCUT2D eigenvalue weighted by Crippen LogP contribution is -2.49. The molecule has 1 aliphatic rings. The summed E-state index contributed by atoms with van der Waals surface area (Å²) in [5.41, 5.74) is 3.24. The zero-order chi connectivity index (χ0) is 22.1. The zero-order valence-electron chi connectivity index (χ0n) is 17.4. The second kappa shape index (κ2) is 8.35. The van der Waals surface area contributed by atoms with Gasteiger partial charge in [-0.15, -0.1) is 0 Å². The molecule has 1 aliphatic heterocycles. The molecule has 1 N–H and O–H groups in total. The Kier molecular flexibility index (Phi) is 5.24. The number of hydrogen-bond donors (Lipinski definition) is 1. The van der Waals surface area contributed by atoms with E-state index in [1.165, 1.54) is 17.1 Å². The minimum atomic E-state index is -0.164. The van der Waals surface area contributed by atoms with Crippen LogP contribution in [-0.4, -0.2) is 68.2 Å². The van der Waals surface area contributed by atoms with E-state index in [9.17, 15) is 9.59 Å². The Morgan fingerprint density at radius 2 is 1.75 bits per heavy atom. The third-order valence-electron chi connectivity index (χ3n) is 5.75. The van der Waals surface area contributed by atoms with Crippen LogP contribution in [-0.2, 0) is 6.54 Å². The Labute approximate surface area is 183 Å². The molecule has 0 radical (unpaired) electrons. The summed E-state index contributed by atoms with van der Waals surface area (Å²) in [4.78, 5) is 42.6. The highest BCUT2D eigenvalue weighted by molar-refractivity contribution is 5.94. The van der Waals surface area contributed by atoms with Crippen LogP contribution in [0.1, 0.15) is 10.5 Å². The van der Waals surface area contributed by atoms with E-state index in [0.717, 1.165) is 11.2 Å². The predicted molar refractivity (Wildman–Crippen MR) is 121 cm³/mol. The van der Waals surface area contributed by atoms with Gasteiger partial charge in [0.2, 0.25) is 0 Å². The van der Waals surface area contributed by atoms with E-state index in [1.54, 1.807) is 11.0 Å². The van der Waals surface area contributed by atoms with Crippen LogP contribution in [0.3, 0.4) is 0 Å². The van der Waals surface area contributed by atoms with Gasteiger partial charge in [0.05, 0.1) is 47.6 Å². The van der Waals surface area contributed by atoms with Crippen LogP contribution in [0.4, 0.5) is 5.69 Å². The summed E-state index contributed by atoms with van der Waals surface area (Å²) in [6.07, 6.45) is 3.00. The number of hydrogen-bond acceptors (Lipinski definition) is 7. The standard InChI is InChI=1S/C23H22N6O3/c30-12-11-29-15-25-20-13-16(5-6-17(20)22(29)31)27-7-9-28(10-8-27)23(32)21-14-24-18-3-1-2-4-19(18)26-21/h1-6,13-15,30H,7-12H2. The third kappa shape index (κ3) is 3.67.